The molecule has 0 aromatic carbocycles. The number of nitrogens with two attached hydrogens (primary N) is 1. The zero-order valence-electron chi connectivity index (χ0n) is 11.0. The number of ether oxygens (including phenoxy) is 2. The average molecular weight is 258 g/mol. The molecule has 2 N–H and O–H groups in total. The summed E-state index contributed by atoms with van der Waals surface area (Å²) >= 11 is 1.61. The minimum atomic E-state index is -0.268. The molecule has 0 saturated carbocycles. The molecule has 1 heterocycles. The highest BCUT2D eigenvalue weighted by atomic mass is 32.1. The van der Waals surface area contributed by atoms with Gasteiger partial charge in [0, 0.05) is 19.6 Å². The Kier molecular flexibility index (Phi) is 5.52. The highest BCUT2D eigenvalue weighted by molar-refractivity contribution is 7.09. The maximum atomic E-state index is 5.96. The van der Waals surface area contributed by atoms with Gasteiger partial charge in [0.15, 0.2) is 0 Å². The molecule has 0 saturated heterocycles. The molecule has 0 amide bonds. The molecule has 0 radical (unpaired) electrons. The fourth-order valence-corrected chi connectivity index (χ4v) is 3.06. The largest absolute Gasteiger partial charge is 0.383 e. The van der Waals surface area contributed by atoms with Crippen LogP contribution >= 0.6 is 11.3 Å². The fourth-order valence-electron chi connectivity index (χ4n) is 1.86. The number of aromatic nitrogens is 1. The molecule has 0 fully saturated rings. The topological polar surface area (TPSA) is 57.4 Å². The third kappa shape index (κ3) is 3.04. The lowest BCUT2D eigenvalue weighted by Gasteiger charge is -2.27. The van der Waals surface area contributed by atoms with Crippen LogP contribution in [0.15, 0.2) is 5.38 Å². The van der Waals surface area contributed by atoms with Gasteiger partial charge in [-0.2, -0.15) is 0 Å². The summed E-state index contributed by atoms with van der Waals surface area (Å²) in [5.74, 6) is 0. The van der Waals surface area contributed by atoms with Crippen LogP contribution < -0.4 is 5.73 Å². The standard InChI is InChI=1S/C12H22N2O2S/c1-5-12(6-2,16-4)11-14-10(8-17-11)9(13)7-15-3/h8-9H,5-7,13H2,1-4H3. The number of hydrogen-bond donors (Lipinski definition) is 1. The molecular formula is C12H22N2O2S. The second-order valence-electron chi connectivity index (χ2n) is 4.04. The van der Waals surface area contributed by atoms with E-state index in [9.17, 15) is 0 Å². The average Bonchev–Trinajstić information content (AvgIpc) is 2.83. The summed E-state index contributed by atoms with van der Waals surface area (Å²) in [5.41, 5.74) is 6.58. The molecule has 0 bridgehead atoms. The van der Waals surface area contributed by atoms with Crippen LogP contribution in [-0.2, 0) is 15.1 Å². The maximum Gasteiger partial charge on any atom is 0.125 e. The van der Waals surface area contributed by atoms with Crippen molar-refractivity contribution in [2.45, 2.75) is 38.3 Å². The van der Waals surface area contributed by atoms with Crippen molar-refractivity contribution in [1.29, 1.82) is 0 Å². The van der Waals surface area contributed by atoms with Crippen LogP contribution in [0.5, 0.6) is 0 Å². The minimum Gasteiger partial charge on any atom is -0.383 e. The van der Waals surface area contributed by atoms with Crippen LogP contribution in [0.1, 0.15) is 43.4 Å². The van der Waals surface area contributed by atoms with E-state index in [0.29, 0.717) is 6.61 Å². The smallest absolute Gasteiger partial charge is 0.125 e. The minimum absolute atomic E-state index is 0.159. The summed E-state index contributed by atoms with van der Waals surface area (Å²) < 4.78 is 10.7. The number of rotatable bonds is 7. The van der Waals surface area contributed by atoms with Crippen LogP contribution in [0.3, 0.4) is 0 Å². The van der Waals surface area contributed by atoms with Gasteiger partial charge in [0.25, 0.3) is 0 Å². The SMILES string of the molecule is CCC(CC)(OC)c1nc(C(N)COC)cs1. The second-order valence-corrected chi connectivity index (χ2v) is 4.90. The van der Waals surface area contributed by atoms with Crippen molar-refractivity contribution < 1.29 is 9.47 Å². The van der Waals surface area contributed by atoms with Gasteiger partial charge in [-0.05, 0) is 12.8 Å². The van der Waals surface area contributed by atoms with Gasteiger partial charge in [0.05, 0.1) is 18.3 Å². The molecule has 17 heavy (non-hydrogen) atoms. The van der Waals surface area contributed by atoms with E-state index in [1.165, 1.54) is 0 Å². The van der Waals surface area contributed by atoms with E-state index in [2.05, 4.69) is 18.8 Å². The molecule has 1 rings (SSSR count). The van der Waals surface area contributed by atoms with Crippen LogP contribution in [-0.4, -0.2) is 25.8 Å². The third-order valence-electron chi connectivity index (χ3n) is 3.17. The first kappa shape index (κ1) is 14.6. The summed E-state index contributed by atoms with van der Waals surface area (Å²) in [4.78, 5) is 4.60. The van der Waals surface area contributed by atoms with Gasteiger partial charge in [0.1, 0.15) is 10.6 Å². The van der Waals surface area contributed by atoms with Gasteiger partial charge < -0.3 is 15.2 Å². The number of thiazole rings is 1. The molecule has 98 valence electrons. The lowest BCUT2D eigenvalue weighted by Crippen LogP contribution is -2.27. The van der Waals surface area contributed by atoms with Crippen molar-refractivity contribution in [3.8, 4) is 0 Å². The summed E-state index contributed by atoms with van der Waals surface area (Å²) in [6.07, 6.45) is 1.82. The molecular weight excluding hydrogens is 236 g/mol. The summed E-state index contributed by atoms with van der Waals surface area (Å²) in [7, 11) is 3.38. The predicted octanol–water partition coefficient (Wildman–Crippen LogP) is 2.45. The van der Waals surface area contributed by atoms with Gasteiger partial charge >= 0.3 is 0 Å². The Bertz CT molecular complexity index is 329. The van der Waals surface area contributed by atoms with E-state index < -0.39 is 0 Å². The molecule has 1 aromatic rings. The highest BCUT2D eigenvalue weighted by Crippen LogP contribution is 2.35. The first-order valence-electron chi connectivity index (χ1n) is 5.89. The number of methoxy groups -OCH3 is 2. The number of nitrogens with zero attached hydrogens (tertiary/aromatic N) is 1. The van der Waals surface area contributed by atoms with Gasteiger partial charge in [-0.15, -0.1) is 11.3 Å². The Morgan fingerprint density at radius 2 is 2.06 bits per heavy atom. The Morgan fingerprint density at radius 3 is 2.53 bits per heavy atom. The highest BCUT2D eigenvalue weighted by Gasteiger charge is 2.31. The van der Waals surface area contributed by atoms with Crippen molar-refractivity contribution in [1.82, 2.24) is 4.98 Å². The second kappa shape index (κ2) is 6.44. The van der Waals surface area contributed by atoms with Crippen molar-refractivity contribution in [2.75, 3.05) is 20.8 Å². The van der Waals surface area contributed by atoms with Gasteiger partial charge in [-0.25, -0.2) is 4.98 Å². The molecule has 1 unspecified atom stereocenters. The summed E-state index contributed by atoms with van der Waals surface area (Å²) in [5, 5.41) is 3.00. The van der Waals surface area contributed by atoms with E-state index in [1.807, 2.05) is 5.38 Å². The van der Waals surface area contributed by atoms with Crippen molar-refractivity contribution >= 4 is 11.3 Å². The lowest BCUT2D eigenvalue weighted by molar-refractivity contribution is -0.0220. The van der Waals surface area contributed by atoms with Crippen LogP contribution in [0.4, 0.5) is 0 Å². The van der Waals surface area contributed by atoms with Gasteiger partial charge in [-0.3, -0.25) is 0 Å². The first-order chi connectivity index (χ1) is 8.13. The molecule has 0 spiro atoms. The summed E-state index contributed by atoms with van der Waals surface area (Å²) in [6, 6.07) is -0.159. The fraction of sp³-hybridized carbons (Fsp3) is 0.750. The van der Waals surface area contributed by atoms with Crippen LogP contribution in [0.25, 0.3) is 0 Å². The number of hydrogen-bond acceptors (Lipinski definition) is 5. The van der Waals surface area contributed by atoms with E-state index in [1.54, 1.807) is 25.6 Å². The molecule has 1 atom stereocenters. The third-order valence-corrected chi connectivity index (χ3v) is 4.22. The molecule has 0 aliphatic rings. The molecule has 0 aliphatic carbocycles. The van der Waals surface area contributed by atoms with E-state index >= 15 is 0 Å². The Hall–Kier alpha value is -0.490. The van der Waals surface area contributed by atoms with Crippen molar-refractivity contribution in [3.63, 3.8) is 0 Å². The van der Waals surface area contributed by atoms with E-state index in [-0.39, 0.29) is 11.6 Å². The van der Waals surface area contributed by atoms with Crippen LogP contribution in [0, 0.1) is 0 Å². The zero-order chi connectivity index (χ0) is 12.9. The van der Waals surface area contributed by atoms with Crippen LogP contribution in [0.2, 0.25) is 0 Å². The monoisotopic (exact) mass is 258 g/mol. The predicted molar refractivity (Wildman–Crippen MR) is 70.2 cm³/mol. The lowest BCUT2D eigenvalue weighted by atomic mass is 9.98. The van der Waals surface area contributed by atoms with Crippen molar-refractivity contribution in [3.05, 3.63) is 16.1 Å². The first-order valence-corrected chi connectivity index (χ1v) is 6.77. The van der Waals surface area contributed by atoms with E-state index in [4.69, 9.17) is 15.2 Å². The van der Waals surface area contributed by atoms with Gasteiger partial charge in [0.2, 0.25) is 0 Å². The van der Waals surface area contributed by atoms with Crippen molar-refractivity contribution in [2.24, 2.45) is 5.73 Å². The summed E-state index contributed by atoms with van der Waals surface area (Å²) in [6.45, 7) is 4.72. The Morgan fingerprint density at radius 1 is 1.41 bits per heavy atom. The molecule has 1 aromatic heterocycles. The zero-order valence-corrected chi connectivity index (χ0v) is 11.8. The molecule has 0 aliphatic heterocycles. The van der Waals surface area contributed by atoms with Gasteiger partial charge in [-0.1, -0.05) is 13.8 Å². The maximum absolute atomic E-state index is 5.96. The quantitative estimate of drug-likeness (QED) is 0.816. The Balaban J connectivity index is 2.92. The normalized spacial score (nSPS) is 13.9. The van der Waals surface area contributed by atoms with E-state index in [0.717, 1.165) is 23.5 Å². The Labute approximate surface area is 107 Å². The molecule has 5 heteroatoms. The molecule has 4 nitrogen and oxygen atoms in total.